The van der Waals surface area contributed by atoms with Crippen LogP contribution in [0, 0.1) is 0 Å². The van der Waals surface area contributed by atoms with Crippen molar-refractivity contribution in [3.05, 3.63) is 0 Å². The number of carbonyl (C=O) groups is 1. The normalized spacial score (nSPS) is 30.2. The smallest absolute Gasteiger partial charge is 0.408 e. The summed E-state index contributed by atoms with van der Waals surface area (Å²) < 4.78 is 31.2. The first kappa shape index (κ1) is 8.35. The van der Waals surface area contributed by atoms with Crippen molar-refractivity contribution in [2.45, 2.75) is 38.5 Å². The summed E-state index contributed by atoms with van der Waals surface area (Å²) in [4.78, 5) is 11.6. The minimum atomic E-state index is -2.47. The van der Waals surface area contributed by atoms with Gasteiger partial charge < -0.3 is 20.1 Å². The molecule has 1 fully saturated rings. The lowest BCUT2D eigenvalue weighted by Gasteiger charge is -2.23. The molecule has 1 heterocycles. The molecular formula is C10H20N2O3. The van der Waals surface area contributed by atoms with E-state index in [2.05, 4.69) is 10.6 Å². The van der Waals surface area contributed by atoms with E-state index in [4.69, 9.17) is 13.6 Å². The van der Waals surface area contributed by atoms with E-state index in [1.54, 1.807) is 20.8 Å². The van der Waals surface area contributed by atoms with Gasteiger partial charge in [0.2, 0.25) is 0 Å². The summed E-state index contributed by atoms with van der Waals surface area (Å²) in [6, 6.07) is -0.403. The largest absolute Gasteiger partial charge is 0.444 e. The van der Waals surface area contributed by atoms with Crippen molar-refractivity contribution in [2.75, 3.05) is 20.1 Å². The van der Waals surface area contributed by atoms with E-state index in [-0.39, 0.29) is 0 Å². The van der Waals surface area contributed by atoms with Crippen molar-refractivity contribution in [3.63, 3.8) is 0 Å². The molecule has 0 spiro atoms. The van der Waals surface area contributed by atoms with Crippen LogP contribution in [0.1, 0.15) is 24.9 Å². The Balaban J connectivity index is 2.48. The molecule has 1 saturated heterocycles. The maximum absolute atomic E-state index is 11.6. The number of rotatable bonds is 2. The highest BCUT2D eigenvalue weighted by Crippen LogP contribution is 2.09. The number of carbonyl (C=O) groups excluding carboxylic acids is 1. The summed E-state index contributed by atoms with van der Waals surface area (Å²) in [5.41, 5.74) is -0.587. The van der Waals surface area contributed by atoms with Crippen LogP contribution in [-0.4, -0.2) is 44.0 Å². The Morgan fingerprint density at radius 3 is 2.87 bits per heavy atom. The molecule has 0 aromatic rings. The lowest BCUT2D eigenvalue weighted by Crippen LogP contribution is -2.45. The molecule has 0 bridgehead atoms. The molecule has 5 heteroatoms. The lowest BCUT2D eigenvalue weighted by molar-refractivity contribution is 0.0417. The molecule has 0 aromatic heterocycles. The predicted octanol–water partition coefficient (Wildman–Crippen LogP) is 0.498. The molecule has 1 rings (SSSR count). The molecule has 15 heavy (non-hydrogen) atoms. The molecule has 5 nitrogen and oxygen atoms in total. The van der Waals surface area contributed by atoms with Crippen LogP contribution in [0.5, 0.6) is 0 Å². The first-order valence-corrected chi connectivity index (χ1v) is 4.95. The van der Waals surface area contributed by atoms with Crippen LogP contribution in [0.4, 0.5) is 4.79 Å². The summed E-state index contributed by atoms with van der Waals surface area (Å²) in [7, 11) is -2.47. The van der Waals surface area contributed by atoms with Gasteiger partial charge in [-0.2, -0.15) is 0 Å². The molecule has 0 radical (unpaired) electrons. The van der Waals surface area contributed by atoms with E-state index < -0.39 is 30.9 Å². The molecule has 2 atom stereocenters. The molecule has 88 valence electrons. The van der Waals surface area contributed by atoms with Crippen molar-refractivity contribution in [1.29, 1.82) is 0 Å². The molecule has 2 N–H and O–H groups in total. The number of nitrogens with one attached hydrogen (secondary N) is 2. The standard InChI is InChI=1S/C10H20N2O3/c1-10(2,3)15-9(13)12-7-5-11-6-8(7)14-4/h7-8,11H,5-6H2,1-4H3,(H,12,13)/t7-,8-/m0/s1/i4D3. The van der Waals surface area contributed by atoms with Gasteiger partial charge in [-0.3, -0.25) is 0 Å². The number of amides is 1. The van der Waals surface area contributed by atoms with Gasteiger partial charge in [0.05, 0.1) is 16.3 Å². The summed E-state index contributed by atoms with van der Waals surface area (Å²) in [6.45, 7) is 6.13. The van der Waals surface area contributed by atoms with E-state index in [1.165, 1.54) is 0 Å². The number of methoxy groups -OCH3 is 1. The third kappa shape index (κ3) is 4.05. The molecule has 1 amide bonds. The minimum Gasteiger partial charge on any atom is -0.444 e. The van der Waals surface area contributed by atoms with E-state index in [0.717, 1.165) is 0 Å². The van der Waals surface area contributed by atoms with Crippen LogP contribution in [0.3, 0.4) is 0 Å². The third-order valence-electron chi connectivity index (χ3n) is 2.01. The van der Waals surface area contributed by atoms with Crippen LogP contribution in [0.2, 0.25) is 0 Å². The zero-order valence-electron chi connectivity index (χ0n) is 12.3. The number of ether oxygens (including phenoxy) is 2. The maximum atomic E-state index is 11.6. The van der Waals surface area contributed by atoms with Gasteiger partial charge in [-0.25, -0.2) is 4.79 Å². The first-order chi connectivity index (χ1) is 8.07. The first-order valence-electron chi connectivity index (χ1n) is 6.45. The third-order valence-corrected chi connectivity index (χ3v) is 2.01. The molecular weight excluding hydrogens is 196 g/mol. The Morgan fingerprint density at radius 2 is 2.27 bits per heavy atom. The lowest BCUT2D eigenvalue weighted by atomic mass is 10.2. The Kier molecular flexibility index (Phi) is 2.68. The number of hydrogen-bond donors (Lipinski definition) is 2. The van der Waals surface area contributed by atoms with Gasteiger partial charge in [0.25, 0.3) is 0 Å². The second kappa shape index (κ2) is 4.81. The SMILES string of the molecule is [2H]C([2H])([2H])O[C@H]1CNC[C@@H]1NC(=O)OC(C)(C)C. The van der Waals surface area contributed by atoms with Gasteiger partial charge in [-0.05, 0) is 20.8 Å². The molecule has 1 aliphatic heterocycles. The Bertz CT molecular complexity index is 302. The fraction of sp³-hybridized carbons (Fsp3) is 0.900. The molecule has 1 aliphatic rings. The van der Waals surface area contributed by atoms with Crippen LogP contribution in [0.25, 0.3) is 0 Å². The topological polar surface area (TPSA) is 59.6 Å². The fourth-order valence-corrected chi connectivity index (χ4v) is 1.38. The molecule has 0 unspecified atom stereocenters. The van der Waals surface area contributed by atoms with Gasteiger partial charge in [0, 0.05) is 20.1 Å². The Morgan fingerprint density at radius 1 is 1.53 bits per heavy atom. The predicted molar refractivity (Wildman–Crippen MR) is 56.8 cm³/mol. The zero-order valence-corrected chi connectivity index (χ0v) is 9.29. The molecule has 0 aliphatic carbocycles. The van der Waals surface area contributed by atoms with Crippen molar-refractivity contribution >= 4 is 6.09 Å². The van der Waals surface area contributed by atoms with Crippen LogP contribution in [-0.2, 0) is 9.47 Å². The summed E-state index contributed by atoms with van der Waals surface area (Å²) in [5.74, 6) is 0. The summed E-state index contributed by atoms with van der Waals surface area (Å²) in [5, 5.41) is 5.58. The minimum absolute atomic E-state index is 0.388. The highest BCUT2D eigenvalue weighted by Gasteiger charge is 2.29. The second-order valence-electron chi connectivity index (χ2n) is 4.57. The maximum Gasteiger partial charge on any atom is 0.408 e. The second-order valence-corrected chi connectivity index (χ2v) is 4.57. The van der Waals surface area contributed by atoms with Crippen molar-refractivity contribution in [2.24, 2.45) is 0 Å². The summed E-state index contributed by atoms with van der Waals surface area (Å²) >= 11 is 0. The van der Waals surface area contributed by atoms with Crippen molar-refractivity contribution in [1.82, 2.24) is 10.6 Å². The van der Waals surface area contributed by atoms with Crippen LogP contribution in [0.15, 0.2) is 0 Å². The van der Waals surface area contributed by atoms with Gasteiger partial charge in [-0.1, -0.05) is 0 Å². The highest BCUT2D eigenvalue weighted by atomic mass is 16.6. The number of hydrogen-bond acceptors (Lipinski definition) is 4. The molecule has 0 saturated carbocycles. The Labute approximate surface area is 94.7 Å². The Hall–Kier alpha value is -0.810. The van der Waals surface area contributed by atoms with Gasteiger partial charge in [0.1, 0.15) is 5.60 Å². The van der Waals surface area contributed by atoms with Gasteiger partial charge >= 0.3 is 6.09 Å². The van der Waals surface area contributed by atoms with Crippen LogP contribution >= 0.6 is 0 Å². The van der Waals surface area contributed by atoms with E-state index in [0.29, 0.717) is 13.1 Å². The zero-order chi connectivity index (χ0) is 14.0. The van der Waals surface area contributed by atoms with Crippen LogP contribution < -0.4 is 10.6 Å². The highest BCUT2D eigenvalue weighted by molar-refractivity contribution is 5.68. The van der Waals surface area contributed by atoms with E-state index >= 15 is 0 Å². The number of alkyl carbamates (subject to hydrolysis) is 1. The summed E-state index contributed by atoms with van der Waals surface area (Å²) in [6.07, 6.45) is -1.15. The van der Waals surface area contributed by atoms with E-state index in [1.807, 2.05) is 0 Å². The quantitative estimate of drug-likeness (QED) is 0.710. The average Bonchev–Trinajstić information content (AvgIpc) is 2.45. The van der Waals surface area contributed by atoms with Crippen molar-refractivity contribution < 1.29 is 18.4 Å². The van der Waals surface area contributed by atoms with Gasteiger partial charge in [0.15, 0.2) is 0 Å². The van der Waals surface area contributed by atoms with E-state index in [9.17, 15) is 4.79 Å². The molecule has 0 aromatic carbocycles. The van der Waals surface area contributed by atoms with Gasteiger partial charge in [-0.15, -0.1) is 0 Å². The van der Waals surface area contributed by atoms with Crippen molar-refractivity contribution in [3.8, 4) is 0 Å². The average molecular weight is 219 g/mol. The fourth-order valence-electron chi connectivity index (χ4n) is 1.38. The monoisotopic (exact) mass is 219 g/mol.